The molecule has 2 rings (SSSR count). The minimum absolute atomic E-state index is 0.122. The maximum atomic E-state index is 13.4. The monoisotopic (exact) mass is 252 g/mol. The summed E-state index contributed by atoms with van der Waals surface area (Å²) in [6, 6.07) is 2.06. The first-order chi connectivity index (χ1) is 8.58. The predicted octanol–water partition coefficient (Wildman–Crippen LogP) is 0.231. The molecule has 0 unspecified atom stereocenters. The van der Waals surface area contributed by atoms with Gasteiger partial charge in [-0.3, -0.25) is 0 Å². The van der Waals surface area contributed by atoms with Crippen LogP contribution in [0.5, 0.6) is 0 Å². The molecule has 1 aromatic heterocycles. The van der Waals surface area contributed by atoms with E-state index < -0.39 is 17.3 Å². The molecule has 0 aliphatic rings. The Balaban J connectivity index is 2.19. The number of carbonyl (C=O) groups is 1. The first kappa shape index (κ1) is 11.8. The second-order valence-corrected chi connectivity index (χ2v) is 3.41. The van der Waals surface area contributed by atoms with Crippen LogP contribution in [0, 0.1) is 5.82 Å². The fraction of sp³-hybridized carbons (Fsp3) is 0.111. The number of nitrogens with two attached hydrogens (primary N) is 1. The lowest BCUT2D eigenvalue weighted by Crippen LogP contribution is -2.08. The van der Waals surface area contributed by atoms with E-state index in [4.69, 9.17) is 10.8 Å². The summed E-state index contributed by atoms with van der Waals surface area (Å²) in [5, 5.41) is 24.5. The van der Waals surface area contributed by atoms with E-state index in [2.05, 4.69) is 25.9 Å². The van der Waals surface area contributed by atoms with Crippen molar-refractivity contribution in [1.82, 2.24) is 20.6 Å². The van der Waals surface area contributed by atoms with E-state index >= 15 is 0 Å². The number of nitrogen functional groups attached to an aromatic ring is 1. The third-order valence-electron chi connectivity index (χ3n) is 2.20. The molecule has 0 bridgehead atoms. The van der Waals surface area contributed by atoms with Gasteiger partial charge in [0.2, 0.25) is 0 Å². The first-order valence-electron chi connectivity index (χ1n) is 4.86. The lowest BCUT2D eigenvalue weighted by Gasteiger charge is -2.09. The van der Waals surface area contributed by atoms with Crippen LogP contribution in [0.4, 0.5) is 15.8 Å². The molecule has 0 aliphatic carbocycles. The molecule has 18 heavy (non-hydrogen) atoms. The molecule has 0 saturated heterocycles. The molecule has 0 aliphatic heterocycles. The number of hydrogen-bond donors (Lipinski definition) is 4. The quantitative estimate of drug-likeness (QED) is 0.573. The Hall–Kier alpha value is -2.71. The third kappa shape index (κ3) is 2.34. The fourth-order valence-electron chi connectivity index (χ4n) is 1.34. The van der Waals surface area contributed by atoms with Crippen molar-refractivity contribution in [1.29, 1.82) is 0 Å². The van der Waals surface area contributed by atoms with Crippen LogP contribution in [0.2, 0.25) is 0 Å². The zero-order valence-corrected chi connectivity index (χ0v) is 9.01. The van der Waals surface area contributed by atoms with Crippen LogP contribution in [0.15, 0.2) is 12.1 Å². The van der Waals surface area contributed by atoms with Crippen molar-refractivity contribution in [2.24, 2.45) is 0 Å². The Labute approximate surface area is 100 Å². The number of halogens is 1. The number of carboxylic acid groups (broad SMARTS) is 1. The van der Waals surface area contributed by atoms with E-state index in [9.17, 15) is 9.18 Å². The van der Waals surface area contributed by atoms with Gasteiger partial charge in [0.15, 0.2) is 5.82 Å². The topological polar surface area (TPSA) is 130 Å². The number of nitrogens with one attached hydrogen (secondary N) is 2. The van der Waals surface area contributed by atoms with Crippen molar-refractivity contribution in [3.63, 3.8) is 0 Å². The molecule has 94 valence electrons. The average Bonchev–Trinajstić information content (AvgIpc) is 2.82. The first-order valence-corrected chi connectivity index (χ1v) is 4.86. The van der Waals surface area contributed by atoms with Gasteiger partial charge in [-0.25, -0.2) is 9.18 Å². The number of aromatic nitrogens is 4. The second-order valence-electron chi connectivity index (χ2n) is 3.41. The Morgan fingerprint density at radius 3 is 2.94 bits per heavy atom. The Bertz CT molecular complexity index is 571. The SMILES string of the molecule is Nc1cc(C(=O)O)c(F)cc1NCc1nn[nH]n1. The molecule has 0 spiro atoms. The molecule has 0 fully saturated rings. The predicted molar refractivity (Wildman–Crippen MR) is 59.3 cm³/mol. The summed E-state index contributed by atoms with van der Waals surface area (Å²) >= 11 is 0. The molecule has 8 nitrogen and oxygen atoms in total. The minimum atomic E-state index is -1.37. The number of aromatic amines is 1. The smallest absolute Gasteiger partial charge is 0.338 e. The van der Waals surface area contributed by atoms with E-state index in [0.29, 0.717) is 5.82 Å². The molecule has 0 atom stereocenters. The normalized spacial score (nSPS) is 10.3. The number of tetrazole rings is 1. The van der Waals surface area contributed by atoms with Gasteiger partial charge in [0, 0.05) is 0 Å². The number of nitrogens with zero attached hydrogens (tertiary/aromatic N) is 3. The van der Waals surface area contributed by atoms with Crippen molar-refractivity contribution in [2.75, 3.05) is 11.1 Å². The molecule has 1 aromatic carbocycles. The Morgan fingerprint density at radius 2 is 2.33 bits per heavy atom. The van der Waals surface area contributed by atoms with Crippen LogP contribution in [0.25, 0.3) is 0 Å². The molecule has 9 heteroatoms. The molecule has 0 radical (unpaired) electrons. The van der Waals surface area contributed by atoms with Crippen molar-refractivity contribution in [2.45, 2.75) is 6.54 Å². The minimum Gasteiger partial charge on any atom is -0.478 e. The van der Waals surface area contributed by atoms with Gasteiger partial charge in [0.1, 0.15) is 5.82 Å². The molecular formula is C9H9FN6O2. The molecule has 0 amide bonds. The summed E-state index contributed by atoms with van der Waals surface area (Å²) in [7, 11) is 0. The zero-order valence-electron chi connectivity index (χ0n) is 9.01. The highest BCUT2D eigenvalue weighted by molar-refractivity contribution is 5.90. The van der Waals surface area contributed by atoms with Crippen LogP contribution in [-0.2, 0) is 6.54 Å². The van der Waals surface area contributed by atoms with Gasteiger partial charge < -0.3 is 16.2 Å². The number of rotatable bonds is 4. The van der Waals surface area contributed by atoms with Crippen LogP contribution >= 0.6 is 0 Å². The van der Waals surface area contributed by atoms with Gasteiger partial charge in [-0.15, -0.1) is 10.2 Å². The maximum absolute atomic E-state index is 13.4. The summed E-state index contributed by atoms with van der Waals surface area (Å²) in [5.41, 5.74) is 5.52. The molecule has 1 heterocycles. The largest absolute Gasteiger partial charge is 0.478 e. The van der Waals surface area contributed by atoms with Crippen molar-refractivity contribution in [3.8, 4) is 0 Å². The number of aromatic carboxylic acids is 1. The number of hydrogen-bond acceptors (Lipinski definition) is 6. The van der Waals surface area contributed by atoms with E-state index in [1.54, 1.807) is 0 Å². The summed E-state index contributed by atoms with van der Waals surface area (Å²) in [5.74, 6) is -1.87. The third-order valence-corrected chi connectivity index (χ3v) is 2.20. The summed E-state index contributed by atoms with van der Waals surface area (Å²) in [6.45, 7) is 0.187. The molecule has 2 aromatic rings. The van der Waals surface area contributed by atoms with Crippen LogP contribution < -0.4 is 11.1 Å². The van der Waals surface area contributed by atoms with Gasteiger partial charge in [-0.1, -0.05) is 5.21 Å². The number of benzene rings is 1. The lowest BCUT2D eigenvalue weighted by atomic mass is 10.1. The fourth-order valence-corrected chi connectivity index (χ4v) is 1.34. The van der Waals surface area contributed by atoms with E-state index in [1.165, 1.54) is 0 Å². The van der Waals surface area contributed by atoms with Crippen molar-refractivity contribution < 1.29 is 14.3 Å². The average molecular weight is 252 g/mol. The number of anilines is 2. The van der Waals surface area contributed by atoms with Gasteiger partial charge in [-0.2, -0.15) is 5.21 Å². The Morgan fingerprint density at radius 1 is 1.56 bits per heavy atom. The lowest BCUT2D eigenvalue weighted by molar-refractivity contribution is 0.0692. The number of carboxylic acids is 1. The highest BCUT2D eigenvalue weighted by atomic mass is 19.1. The number of H-pyrrole nitrogens is 1. The Kier molecular flexibility index (Phi) is 3.04. The van der Waals surface area contributed by atoms with Crippen LogP contribution in [-0.4, -0.2) is 31.7 Å². The van der Waals surface area contributed by atoms with E-state index in [1.807, 2.05) is 0 Å². The zero-order chi connectivity index (χ0) is 13.1. The van der Waals surface area contributed by atoms with E-state index in [0.717, 1.165) is 12.1 Å². The molecular weight excluding hydrogens is 243 g/mol. The van der Waals surface area contributed by atoms with Crippen LogP contribution in [0.3, 0.4) is 0 Å². The van der Waals surface area contributed by atoms with Gasteiger partial charge in [0.25, 0.3) is 0 Å². The summed E-state index contributed by atoms with van der Waals surface area (Å²) < 4.78 is 13.4. The van der Waals surface area contributed by atoms with Crippen molar-refractivity contribution >= 4 is 17.3 Å². The van der Waals surface area contributed by atoms with Gasteiger partial charge in [0.05, 0.1) is 23.5 Å². The maximum Gasteiger partial charge on any atom is 0.338 e. The highest BCUT2D eigenvalue weighted by Gasteiger charge is 2.13. The molecule has 5 N–H and O–H groups in total. The highest BCUT2D eigenvalue weighted by Crippen LogP contribution is 2.23. The standard InChI is InChI=1S/C9H9FN6O2/c10-5-2-7(6(11)1-4(5)9(17)18)12-3-8-13-15-16-14-8/h1-2,12H,3,11H2,(H,17,18)(H,13,14,15,16). The molecule has 0 saturated carbocycles. The summed E-state index contributed by atoms with van der Waals surface area (Å²) in [4.78, 5) is 10.7. The van der Waals surface area contributed by atoms with Crippen LogP contribution in [0.1, 0.15) is 16.2 Å². The van der Waals surface area contributed by atoms with Crippen molar-refractivity contribution in [3.05, 3.63) is 29.3 Å². The summed E-state index contributed by atoms with van der Waals surface area (Å²) in [6.07, 6.45) is 0. The van der Waals surface area contributed by atoms with Gasteiger partial charge >= 0.3 is 5.97 Å². The second kappa shape index (κ2) is 4.65. The van der Waals surface area contributed by atoms with E-state index in [-0.39, 0.29) is 17.9 Å². The van der Waals surface area contributed by atoms with Gasteiger partial charge in [-0.05, 0) is 12.1 Å².